The zero-order valence-corrected chi connectivity index (χ0v) is 12.6. The number of phenols is 1. The van der Waals surface area contributed by atoms with Crippen molar-refractivity contribution in [2.45, 2.75) is 26.7 Å². The lowest BCUT2D eigenvalue weighted by atomic mass is 9.72. The van der Waals surface area contributed by atoms with Gasteiger partial charge in [0.05, 0.1) is 7.11 Å². The minimum Gasteiger partial charge on any atom is -0.508 e. The van der Waals surface area contributed by atoms with Gasteiger partial charge < -0.3 is 9.84 Å². The standard InChI is InChI=1S/C18H22O2/c1-18(2,3)17(15-7-5-6-8-16(15)19)13-9-11-14(20-4)12-10-13/h5-12,17,19H,1-4H3. The van der Waals surface area contributed by atoms with E-state index >= 15 is 0 Å². The molecule has 2 nitrogen and oxygen atoms in total. The third-order valence-electron chi connectivity index (χ3n) is 3.56. The molecule has 1 N–H and O–H groups in total. The van der Waals surface area contributed by atoms with Crippen LogP contribution in [0.3, 0.4) is 0 Å². The molecule has 0 bridgehead atoms. The number of hydrogen-bond acceptors (Lipinski definition) is 2. The largest absolute Gasteiger partial charge is 0.508 e. The molecule has 0 amide bonds. The molecule has 1 atom stereocenters. The number of ether oxygens (including phenoxy) is 1. The van der Waals surface area contributed by atoms with E-state index in [1.807, 2.05) is 30.3 Å². The monoisotopic (exact) mass is 270 g/mol. The van der Waals surface area contributed by atoms with Crippen molar-refractivity contribution in [2.24, 2.45) is 5.41 Å². The summed E-state index contributed by atoms with van der Waals surface area (Å²) in [5.41, 5.74) is 2.15. The molecule has 0 spiro atoms. The fourth-order valence-corrected chi connectivity index (χ4v) is 2.67. The van der Waals surface area contributed by atoms with Gasteiger partial charge in [-0.2, -0.15) is 0 Å². The average Bonchev–Trinajstić information content (AvgIpc) is 2.41. The third kappa shape index (κ3) is 2.96. The first-order valence-electron chi connectivity index (χ1n) is 6.85. The number of benzene rings is 2. The van der Waals surface area contributed by atoms with Gasteiger partial charge in [-0.15, -0.1) is 0 Å². The van der Waals surface area contributed by atoms with Gasteiger partial charge in [-0.25, -0.2) is 0 Å². The van der Waals surface area contributed by atoms with E-state index in [-0.39, 0.29) is 11.3 Å². The van der Waals surface area contributed by atoms with E-state index in [2.05, 4.69) is 32.9 Å². The van der Waals surface area contributed by atoms with Gasteiger partial charge in [-0.3, -0.25) is 0 Å². The maximum Gasteiger partial charge on any atom is 0.119 e. The average molecular weight is 270 g/mol. The summed E-state index contributed by atoms with van der Waals surface area (Å²) in [6.45, 7) is 6.57. The maximum absolute atomic E-state index is 10.2. The molecule has 0 saturated carbocycles. The molecule has 0 radical (unpaired) electrons. The van der Waals surface area contributed by atoms with Crippen LogP contribution in [0.4, 0.5) is 0 Å². The van der Waals surface area contributed by atoms with Crippen molar-refractivity contribution >= 4 is 0 Å². The summed E-state index contributed by atoms with van der Waals surface area (Å²) < 4.78 is 5.21. The van der Waals surface area contributed by atoms with Crippen molar-refractivity contribution in [1.82, 2.24) is 0 Å². The topological polar surface area (TPSA) is 29.5 Å². The molecule has 2 heteroatoms. The first-order chi connectivity index (χ1) is 9.43. The van der Waals surface area contributed by atoms with Gasteiger partial charge in [0.1, 0.15) is 11.5 Å². The highest BCUT2D eigenvalue weighted by molar-refractivity contribution is 5.43. The number of para-hydroxylation sites is 1. The molecule has 1 unspecified atom stereocenters. The van der Waals surface area contributed by atoms with E-state index < -0.39 is 0 Å². The lowest BCUT2D eigenvalue weighted by Gasteiger charge is -2.32. The molecule has 2 aromatic carbocycles. The Morgan fingerprint density at radius 3 is 2.05 bits per heavy atom. The predicted octanol–water partition coefficient (Wildman–Crippen LogP) is 4.58. The van der Waals surface area contributed by atoms with Gasteiger partial charge in [0.25, 0.3) is 0 Å². The number of phenolic OH excluding ortho intramolecular Hbond substituents is 1. The second-order valence-electron chi connectivity index (χ2n) is 6.13. The lowest BCUT2D eigenvalue weighted by Crippen LogP contribution is -2.19. The highest BCUT2D eigenvalue weighted by atomic mass is 16.5. The van der Waals surface area contributed by atoms with Crippen LogP contribution < -0.4 is 4.74 Å². The highest BCUT2D eigenvalue weighted by Crippen LogP contribution is 2.43. The van der Waals surface area contributed by atoms with Crippen molar-refractivity contribution in [3.63, 3.8) is 0 Å². The third-order valence-corrected chi connectivity index (χ3v) is 3.56. The Kier molecular flexibility index (Phi) is 4.03. The Morgan fingerprint density at radius 2 is 1.55 bits per heavy atom. The van der Waals surface area contributed by atoms with Gasteiger partial charge in [0.2, 0.25) is 0 Å². The molecule has 20 heavy (non-hydrogen) atoms. The molecule has 2 rings (SSSR count). The second kappa shape index (κ2) is 5.58. The zero-order chi connectivity index (χ0) is 14.8. The fourth-order valence-electron chi connectivity index (χ4n) is 2.67. The Bertz CT molecular complexity index is 565. The normalized spacial score (nSPS) is 13.0. The fraction of sp³-hybridized carbons (Fsp3) is 0.333. The van der Waals surface area contributed by atoms with Crippen LogP contribution in [-0.2, 0) is 0 Å². The molecule has 106 valence electrons. The van der Waals surface area contributed by atoms with Crippen LogP contribution in [0.2, 0.25) is 0 Å². The number of hydrogen-bond donors (Lipinski definition) is 1. The Morgan fingerprint density at radius 1 is 0.950 bits per heavy atom. The molecule has 0 fully saturated rings. The van der Waals surface area contributed by atoms with Crippen LogP contribution in [0.25, 0.3) is 0 Å². The first kappa shape index (κ1) is 14.4. The van der Waals surface area contributed by atoms with Crippen molar-refractivity contribution in [3.8, 4) is 11.5 Å². The SMILES string of the molecule is COc1ccc(C(c2ccccc2O)C(C)(C)C)cc1. The van der Waals surface area contributed by atoms with Crippen LogP contribution >= 0.6 is 0 Å². The Labute approximate surface area is 121 Å². The number of methoxy groups -OCH3 is 1. The van der Waals surface area contributed by atoms with Gasteiger partial charge in [0, 0.05) is 11.5 Å². The van der Waals surface area contributed by atoms with Crippen molar-refractivity contribution in [1.29, 1.82) is 0 Å². The van der Waals surface area contributed by atoms with Crippen molar-refractivity contribution < 1.29 is 9.84 Å². The summed E-state index contributed by atoms with van der Waals surface area (Å²) in [5, 5.41) is 10.2. The van der Waals surface area contributed by atoms with E-state index in [1.165, 1.54) is 5.56 Å². The van der Waals surface area contributed by atoms with Gasteiger partial charge >= 0.3 is 0 Å². The van der Waals surface area contributed by atoms with E-state index in [4.69, 9.17) is 4.74 Å². The molecular formula is C18H22O2. The maximum atomic E-state index is 10.2. The minimum absolute atomic E-state index is 0.00736. The van der Waals surface area contributed by atoms with Gasteiger partial charge in [-0.1, -0.05) is 51.1 Å². The van der Waals surface area contributed by atoms with E-state index in [1.54, 1.807) is 13.2 Å². The Hall–Kier alpha value is -1.96. The van der Waals surface area contributed by atoms with Crippen LogP contribution in [-0.4, -0.2) is 12.2 Å². The molecule has 0 aromatic heterocycles. The van der Waals surface area contributed by atoms with Crippen molar-refractivity contribution in [2.75, 3.05) is 7.11 Å². The second-order valence-corrected chi connectivity index (χ2v) is 6.13. The summed E-state index contributed by atoms with van der Waals surface area (Å²) in [6.07, 6.45) is 0. The lowest BCUT2D eigenvalue weighted by molar-refractivity contribution is 0.347. The van der Waals surface area contributed by atoms with Crippen LogP contribution in [0.15, 0.2) is 48.5 Å². The van der Waals surface area contributed by atoms with Crippen molar-refractivity contribution in [3.05, 3.63) is 59.7 Å². The quantitative estimate of drug-likeness (QED) is 0.884. The molecule has 0 aliphatic carbocycles. The number of aromatic hydroxyl groups is 1. The van der Waals surface area contributed by atoms with Gasteiger partial charge in [-0.05, 0) is 29.2 Å². The Balaban J connectivity index is 2.51. The zero-order valence-electron chi connectivity index (χ0n) is 12.6. The summed E-state index contributed by atoms with van der Waals surface area (Å²) in [7, 11) is 1.67. The molecule has 0 saturated heterocycles. The molecule has 0 aliphatic heterocycles. The summed E-state index contributed by atoms with van der Waals surface area (Å²) in [5.74, 6) is 1.33. The summed E-state index contributed by atoms with van der Waals surface area (Å²) in [6, 6.07) is 15.6. The van der Waals surface area contributed by atoms with Crippen LogP contribution in [0.5, 0.6) is 11.5 Å². The number of rotatable bonds is 3. The predicted molar refractivity (Wildman–Crippen MR) is 82.4 cm³/mol. The minimum atomic E-state index is 0.00736. The summed E-state index contributed by atoms with van der Waals surface area (Å²) >= 11 is 0. The van der Waals surface area contributed by atoms with Crippen LogP contribution in [0, 0.1) is 5.41 Å². The first-order valence-corrected chi connectivity index (χ1v) is 6.85. The van der Waals surface area contributed by atoms with E-state index in [0.29, 0.717) is 5.75 Å². The molecular weight excluding hydrogens is 248 g/mol. The smallest absolute Gasteiger partial charge is 0.119 e. The van der Waals surface area contributed by atoms with E-state index in [9.17, 15) is 5.11 Å². The molecule has 2 aromatic rings. The van der Waals surface area contributed by atoms with Gasteiger partial charge in [0.15, 0.2) is 0 Å². The molecule has 0 heterocycles. The van der Waals surface area contributed by atoms with E-state index in [0.717, 1.165) is 11.3 Å². The summed E-state index contributed by atoms with van der Waals surface area (Å²) in [4.78, 5) is 0. The van der Waals surface area contributed by atoms with Crippen LogP contribution in [0.1, 0.15) is 37.8 Å². The highest BCUT2D eigenvalue weighted by Gasteiger charge is 2.29. The molecule has 0 aliphatic rings.